The molecule has 0 spiro atoms. The summed E-state index contributed by atoms with van der Waals surface area (Å²) < 4.78 is 36.2. The van der Waals surface area contributed by atoms with E-state index in [1.165, 1.54) is 4.31 Å². The highest BCUT2D eigenvalue weighted by Gasteiger charge is 2.28. The molecular weight excluding hydrogens is 560 g/mol. The van der Waals surface area contributed by atoms with E-state index in [0.717, 1.165) is 70.8 Å². The van der Waals surface area contributed by atoms with Crippen molar-refractivity contribution in [3.8, 4) is 5.69 Å². The topological polar surface area (TPSA) is 92.1 Å². The molecule has 0 radical (unpaired) electrons. The molecule has 11 heteroatoms. The molecular formula is C30H33ClN6O3S. The Morgan fingerprint density at radius 1 is 0.976 bits per heavy atom. The van der Waals surface area contributed by atoms with Crippen molar-refractivity contribution in [1.29, 1.82) is 0 Å². The Balaban J connectivity index is 1.36. The van der Waals surface area contributed by atoms with Gasteiger partial charge in [-0.2, -0.15) is 9.41 Å². The lowest BCUT2D eigenvalue weighted by atomic mass is 10.2. The first-order valence-corrected chi connectivity index (χ1v) is 15.6. The van der Waals surface area contributed by atoms with Crippen molar-refractivity contribution in [3.05, 3.63) is 76.7 Å². The van der Waals surface area contributed by atoms with Crippen molar-refractivity contribution in [1.82, 2.24) is 13.9 Å². The minimum absolute atomic E-state index is 0.298. The van der Waals surface area contributed by atoms with E-state index in [-0.39, 0.29) is 0 Å². The Kier molecular flexibility index (Phi) is 7.74. The number of morpholine rings is 1. The number of hydrogen-bond donors (Lipinski definition) is 1. The van der Waals surface area contributed by atoms with Gasteiger partial charge in [-0.1, -0.05) is 11.6 Å². The summed E-state index contributed by atoms with van der Waals surface area (Å²) in [6.45, 7) is 7.52. The third-order valence-electron chi connectivity index (χ3n) is 7.81. The van der Waals surface area contributed by atoms with E-state index in [1.807, 2.05) is 50.2 Å². The van der Waals surface area contributed by atoms with Crippen LogP contribution >= 0.6 is 11.6 Å². The fourth-order valence-corrected chi connectivity index (χ4v) is 7.28. The number of anilines is 2. The van der Waals surface area contributed by atoms with Crippen LogP contribution in [0.25, 0.3) is 16.6 Å². The molecule has 0 saturated carbocycles. The van der Waals surface area contributed by atoms with Crippen LogP contribution in [0.4, 0.5) is 11.4 Å². The number of rotatable bonds is 7. The molecule has 0 amide bonds. The van der Waals surface area contributed by atoms with E-state index in [9.17, 15) is 8.42 Å². The lowest BCUT2D eigenvalue weighted by molar-refractivity contribution is 0.0730. The molecule has 41 heavy (non-hydrogen) atoms. The van der Waals surface area contributed by atoms with Crippen LogP contribution in [-0.4, -0.2) is 67.9 Å². The number of ether oxygens (including phenoxy) is 1. The second-order valence-electron chi connectivity index (χ2n) is 10.4. The Morgan fingerprint density at radius 3 is 2.54 bits per heavy atom. The molecule has 4 heterocycles. The fraction of sp³-hybridized carbons (Fsp3) is 0.333. The van der Waals surface area contributed by atoms with E-state index in [4.69, 9.17) is 16.3 Å². The van der Waals surface area contributed by atoms with Crippen LogP contribution in [0, 0.1) is 13.8 Å². The number of fused-ring (bicyclic) bond motifs is 1. The number of pyridine rings is 1. The van der Waals surface area contributed by atoms with Gasteiger partial charge in [0.25, 0.3) is 0 Å². The quantitative estimate of drug-likeness (QED) is 0.229. The van der Waals surface area contributed by atoms with Crippen LogP contribution in [-0.2, 0) is 14.8 Å². The van der Waals surface area contributed by atoms with Crippen LogP contribution in [0.1, 0.15) is 29.8 Å². The summed E-state index contributed by atoms with van der Waals surface area (Å²) in [4.78, 5) is 7.03. The third kappa shape index (κ3) is 5.44. The molecule has 0 bridgehead atoms. The molecule has 6 rings (SSSR count). The molecule has 2 fully saturated rings. The van der Waals surface area contributed by atoms with E-state index in [2.05, 4.69) is 31.0 Å². The number of benzene rings is 2. The number of aryl methyl sites for hydroxylation is 1. The first kappa shape index (κ1) is 27.7. The lowest BCUT2D eigenvalue weighted by Crippen LogP contribution is -2.40. The summed E-state index contributed by atoms with van der Waals surface area (Å²) in [6.07, 6.45) is 5.76. The second-order valence-corrected chi connectivity index (χ2v) is 12.8. The molecule has 2 aromatic carbocycles. The number of nitrogens with zero attached hydrogens (tertiary/aromatic N) is 5. The Bertz CT molecular complexity index is 1720. The molecule has 4 aromatic rings. The smallest absolute Gasteiger partial charge is 0.243 e. The summed E-state index contributed by atoms with van der Waals surface area (Å²) in [5, 5.41) is 6.09. The molecule has 0 atom stereocenters. The summed E-state index contributed by atoms with van der Waals surface area (Å²) in [7, 11) is -3.65. The highest BCUT2D eigenvalue weighted by Crippen LogP contribution is 2.34. The zero-order valence-corrected chi connectivity index (χ0v) is 24.7. The van der Waals surface area contributed by atoms with Crippen molar-refractivity contribution in [2.45, 2.75) is 31.6 Å². The Labute approximate surface area is 245 Å². The lowest BCUT2D eigenvalue weighted by Gasteiger charge is -2.28. The SMILES string of the molecule is Cc1cc(C=NNc2ccnc3cc(Cl)ccc23)c(C)n1-c1cc(S(=O)(=O)N2CCOCC2)ccc1N1CCCC1. The maximum Gasteiger partial charge on any atom is 0.243 e. The maximum atomic E-state index is 13.6. The van der Waals surface area contributed by atoms with Gasteiger partial charge < -0.3 is 14.2 Å². The van der Waals surface area contributed by atoms with E-state index >= 15 is 0 Å². The van der Waals surface area contributed by atoms with Gasteiger partial charge in [0.2, 0.25) is 10.0 Å². The highest BCUT2D eigenvalue weighted by atomic mass is 35.5. The predicted molar refractivity (Wildman–Crippen MR) is 164 cm³/mol. The Morgan fingerprint density at radius 2 is 1.76 bits per heavy atom. The van der Waals surface area contributed by atoms with Gasteiger partial charge in [0.15, 0.2) is 0 Å². The van der Waals surface area contributed by atoms with Gasteiger partial charge in [-0.05, 0) is 75.2 Å². The number of nitrogens with one attached hydrogen (secondary N) is 1. The predicted octanol–water partition coefficient (Wildman–Crippen LogP) is 5.36. The first-order chi connectivity index (χ1) is 19.8. The normalized spacial score (nSPS) is 16.7. The molecule has 1 N–H and O–H groups in total. The standard InChI is InChI=1S/C30H33ClN6O3S/c1-21-17-23(20-33-34-27-9-10-32-28-18-24(31)5-7-26(27)28)22(2)37(21)30-19-25(6-8-29(30)35-11-3-4-12-35)41(38,39)36-13-15-40-16-14-36/h5-10,17-20H,3-4,11-16H2,1-2H3,(H,32,34). The molecule has 2 saturated heterocycles. The van der Waals surface area contributed by atoms with Crippen molar-refractivity contribution < 1.29 is 13.2 Å². The van der Waals surface area contributed by atoms with Crippen LogP contribution < -0.4 is 10.3 Å². The monoisotopic (exact) mass is 592 g/mol. The van der Waals surface area contributed by atoms with E-state index in [0.29, 0.717) is 36.2 Å². The van der Waals surface area contributed by atoms with Gasteiger partial charge in [0, 0.05) is 59.7 Å². The minimum Gasteiger partial charge on any atom is -0.379 e. The number of hydrazone groups is 1. The molecule has 2 aliphatic rings. The summed E-state index contributed by atoms with van der Waals surface area (Å²) in [6, 6.07) is 15.1. The van der Waals surface area contributed by atoms with Crippen molar-refractivity contribution in [3.63, 3.8) is 0 Å². The van der Waals surface area contributed by atoms with Crippen LogP contribution in [0.3, 0.4) is 0 Å². The van der Waals surface area contributed by atoms with Gasteiger partial charge in [0.05, 0.1) is 46.9 Å². The maximum absolute atomic E-state index is 13.6. The summed E-state index contributed by atoms with van der Waals surface area (Å²) in [5.74, 6) is 0. The van der Waals surface area contributed by atoms with Gasteiger partial charge in [-0.3, -0.25) is 10.4 Å². The largest absolute Gasteiger partial charge is 0.379 e. The molecule has 0 unspecified atom stereocenters. The molecule has 2 aliphatic heterocycles. The molecule has 214 valence electrons. The first-order valence-electron chi connectivity index (χ1n) is 13.8. The number of aromatic nitrogens is 2. The summed E-state index contributed by atoms with van der Waals surface area (Å²) in [5.41, 5.74) is 9.56. The number of hydrogen-bond acceptors (Lipinski definition) is 7. The van der Waals surface area contributed by atoms with Crippen LogP contribution in [0.5, 0.6) is 0 Å². The van der Waals surface area contributed by atoms with E-state index < -0.39 is 10.0 Å². The molecule has 9 nitrogen and oxygen atoms in total. The zero-order valence-electron chi connectivity index (χ0n) is 23.2. The van der Waals surface area contributed by atoms with E-state index in [1.54, 1.807) is 18.5 Å². The van der Waals surface area contributed by atoms with Gasteiger partial charge in [0.1, 0.15) is 0 Å². The van der Waals surface area contributed by atoms with Gasteiger partial charge in [-0.25, -0.2) is 8.42 Å². The van der Waals surface area contributed by atoms with Crippen molar-refractivity contribution in [2.75, 3.05) is 49.7 Å². The van der Waals surface area contributed by atoms with Crippen molar-refractivity contribution >= 4 is 50.1 Å². The zero-order chi connectivity index (χ0) is 28.6. The highest BCUT2D eigenvalue weighted by molar-refractivity contribution is 7.89. The average molecular weight is 593 g/mol. The van der Waals surface area contributed by atoms with Crippen LogP contribution in [0.15, 0.2) is 64.7 Å². The third-order valence-corrected chi connectivity index (χ3v) is 9.94. The second kappa shape index (κ2) is 11.4. The minimum atomic E-state index is -3.65. The van der Waals surface area contributed by atoms with Crippen LogP contribution in [0.2, 0.25) is 5.02 Å². The number of halogens is 1. The van der Waals surface area contributed by atoms with Gasteiger partial charge >= 0.3 is 0 Å². The van der Waals surface area contributed by atoms with Gasteiger partial charge in [-0.15, -0.1) is 0 Å². The fourth-order valence-electron chi connectivity index (χ4n) is 5.68. The summed E-state index contributed by atoms with van der Waals surface area (Å²) >= 11 is 6.13. The van der Waals surface area contributed by atoms with Crippen molar-refractivity contribution in [2.24, 2.45) is 5.10 Å². The average Bonchev–Trinajstić information content (AvgIpc) is 3.61. The molecule has 2 aromatic heterocycles. The number of sulfonamides is 1. The Hall–Kier alpha value is -3.44. The molecule has 0 aliphatic carbocycles.